The quantitative estimate of drug-likeness (QED) is 0.266. The van der Waals surface area contributed by atoms with Gasteiger partial charge in [-0.05, 0) is 55.0 Å². The molecule has 1 aromatic heterocycles. The zero-order valence-corrected chi connectivity index (χ0v) is 24.4. The molecule has 3 aromatic carbocycles. The average molecular weight is 608 g/mol. The van der Waals surface area contributed by atoms with Crippen molar-refractivity contribution in [2.75, 3.05) is 30.5 Å². The van der Waals surface area contributed by atoms with E-state index in [0.29, 0.717) is 22.9 Å². The van der Waals surface area contributed by atoms with Gasteiger partial charge in [-0.2, -0.15) is 0 Å². The number of methoxy groups -OCH3 is 2. The SMILES string of the molecule is CCc1nnc(NS(=O)(=O)c2ccc(N(CN3C(=O)c4ccccc4C3=O)C(=O)c3cc(OC)cc(OC)c3)cc2)s1. The molecule has 42 heavy (non-hydrogen) atoms. The Morgan fingerprint density at radius 1 is 0.929 bits per heavy atom. The first kappa shape index (κ1) is 28.7. The summed E-state index contributed by atoms with van der Waals surface area (Å²) in [6.07, 6.45) is 0.615. The Morgan fingerprint density at radius 3 is 2.05 bits per heavy atom. The van der Waals surface area contributed by atoms with Gasteiger partial charge in [-0.1, -0.05) is 30.4 Å². The summed E-state index contributed by atoms with van der Waals surface area (Å²) in [5.74, 6) is -0.979. The number of sulfonamides is 1. The molecule has 0 radical (unpaired) electrons. The van der Waals surface area contributed by atoms with E-state index < -0.39 is 34.4 Å². The first-order valence-corrected chi connectivity index (χ1v) is 14.9. The van der Waals surface area contributed by atoms with E-state index >= 15 is 0 Å². The van der Waals surface area contributed by atoms with Gasteiger partial charge in [0.05, 0.1) is 30.2 Å². The molecule has 0 atom stereocenters. The number of anilines is 2. The Bertz CT molecular complexity index is 1730. The van der Waals surface area contributed by atoms with Crippen LogP contribution in [0.5, 0.6) is 11.5 Å². The van der Waals surface area contributed by atoms with E-state index in [-0.39, 0.29) is 32.4 Å². The summed E-state index contributed by atoms with van der Waals surface area (Å²) in [6.45, 7) is 1.45. The normalized spacial score (nSPS) is 12.7. The lowest BCUT2D eigenvalue weighted by atomic mass is 10.1. The fourth-order valence-electron chi connectivity index (χ4n) is 4.28. The molecule has 2 heterocycles. The number of hydrogen-bond acceptors (Lipinski definition) is 10. The van der Waals surface area contributed by atoms with Gasteiger partial charge in [0, 0.05) is 17.3 Å². The summed E-state index contributed by atoms with van der Waals surface area (Å²) in [5, 5.41) is 8.58. The first-order valence-electron chi connectivity index (χ1n) is 12.6. The predicted octanol–water partition coefficient (Wildman–Crippen LogP) is 3.82. The van der Waals surface area contributed by atoms with Crippen LogP contribution in [-0.2, 0) is 16.4 Å². The number of carbonyl (C=O) groups is 3. The lowest BCUT2D eigenvalue weighted by molar-refractivity contribution is 0.0650. The second kappa shape index (κ2) is 11.6. The molecule has 5 rings (SSSR count). The molecular weight excluding hydrogens is 582 g/mol. The Hall–Kier alpha value is -4.82. The molecule has 0 unspecified atom stereocenters. The van der Waals surface area contributed by atoms with Crippen molar-refractivity contribution < 1.29 is 32.3 Å². The topological polar surface area (TPSA) is 148 Å². The van der Waals surface area contributed by atoms with E-state index in [1.54, 1.807) is 30.3 Å². The zero-order chi connectivity index (χ0) is 30.0. The molecule has 0 spiro atoms. The molecule has 1 aliphatic heterocycles. The molecule has 0 aliphatic carbocycles. The molecule has 1 N–H and O–H groups in total. The Labute approximate surface area is 245 Å². The highest BCUT2D eigenvalue weighted by atomic mass is 32.2. The Kier molecular flexibility index (Phi) is 7.91. The van der Waals surface area contributed by atoms with Crippen LogP contribution in [0.1, 0.15) is 43.0 Å². The van der Waals surface area contributed by atoms with Gasteiger partial charge in [-0.25, -0.2) is 8.42 Å². The van der Waals surface area contributed by atoms with Crippen molar-refractivity contribution in [1.29, 1.82) is 0 Å². The standard InChI is InChI=1S/C28H25N5O7S2/c1-4-24-29-30-28(41-24)31-42(37,38)21-11-9-18(10-12-21)32(25(34)17-13-19(39-2)15-20(14-17)40-3)16-33-26(35)22-7-5-6-8-23(22)27(33)36/h5-15H,4,16H2,1-3H3,(H,30,31). The van der Waals surface area contributed by atoms with Crippen LogP contribution in [0, 0.1) is 0 Å². The summed E-state index contributed by atoms with van der Waals surface area (Å²) in [6, 6.07) is 16.4. The number of aryl methyl sites for hydroxylation is 1. The van der Waals surface area contributed by atoms with Crippen LogP contribution in [0.25, 0.3) is 0 Å². The number of ether oxygens (including phenoxy) is 2. The summed E-state index contributed by atoms with van der Waals surface area (Å²) in [7, 11) is -1.13. The van der Waals surface area contributed by atoms with Crippen LogP contribution in [-0.4, -0.2) is 62.1 Å². The number of aromatic nitrogens is 2. The first-order chi connectivity index (χ1) is 20.1. The Balaban J connectivity index is 1.50. The predicted molar refractivity (Wildman–Crippen MR) is 155 cm³/mol. The molecule has 14 heteroatoms. The summed E-state index contributed by atoms with van der Waals surface area (Å²) < 4.78 is 39.0. The van der Waals surface area contributed by atoms with Crippen LogP contribution in [0.3, 0.4) is 0 Å². The van der Waals surface area contributed by atoms with Gasteiger partial charge >= 0.3 is 0 Å². The lowest BCUT2D eigenvalue weighted by Crippen LogP contribution is -2.44. The van der Waals surface area contributed by atoms with Gasteiger partial charge in [0.15, 0.2) is 0 Å². The zero-order valence-electron chi connectivity index (χ0n) is 22.7. The summed E-state index contributed by atoms with van der Waals surface area (Å²) in [4.78, 5) is 42.3. The smallest absolute Gasteiger partial charge is 0.263 e. The van der Waals surface area contributed by atoms with E-state index in [1.807, 2.05) is 6.92 Å². The third-order valence-electron chi connectivity index (χ3n) is 6.45. The summed E-state index contributed by atoms with van der Waals surface area (Å²) in [5.41, 5.74) is 0.854. The van der Waals surface area contributed by atoms with Crippen molar-refractivity contribution in [2.24, 2.45) is 0 Å². The molecular formula is C28H25N5O7S2. The molecule has 216 valence electrons. The maximum atomic E-state index is 13.9. The minimum atomic E-state index is -4.01. The highest BCUT2D eigenvalue weighted by Crippen LogP contribution is 2.29. The molecule has 3 amide bonds. The van der Waals surface area contributed by atoms with Gasteiger partial charge in [0.1, 0.15) is 23.2 Å². The van der Waals surface area contributed by atoms with E-state index in [0.717, 1.165) is 16.2 Å². The van der Waals surface area contributed by atoms with Gasteiger partial charge in [-0.3, -0.25) is 28.9 Å². The highest BCUT2D eigenvalue weighted by molar-refractivity contribution is 7.93. The van der Waals surface area contributed by atoms with E-state index in [9.17, 15) is 22.8 Å². The number of amides is 3. The van der Waals surface area contributed by atoms with Gasteiger partial charge in [0.25, 0.3) is 27.7 Å². The number of nitrogens with one attached hydrogen (secondary N) is 1. The van der Waals surface area contributed by atoms with Crippen LogP contribution < -0.4 is 19.1 Å². The highest BCUT2D eigenvalue weighted by Gasteiger charge is 2.37. The van der Waals surface area contributed by atoms with Crippen LogP contribution in [0.2, 0.25) is 0 Å². The number of benzene rings is 3. The minimum absolute atomic E-state index is 0.0873. The van der Waals surface area contributed by atoms with E-state index in [4.69, 9.17) is 9.47 Å². The second-order valence-electron chi connectivity index (χ2n) is 9.01. The average Bonchev–Trinajstić information content (AvgIpc) is 3.56. The van der Waals surface area contributed by atoms with Gasteiger partial charge in [-0.15, -0.1) is 10.2 Å². The summed E-state index contributed by atoms with van der Waals surface area (Å²) >= 11 is 1.13. The molecule has 0 bridgehead atoms. The van der Waals surface area contributed by atoms with Crippen molar-refractivity contribution in [3.05, 3.63) is 88.4 Å². The molecule has 0 fully saturated rings. The molecule has 4 aromatic rings. The largest absolute Gasteiger partial charge is 0.497 e. The van der Waals surface area contributed by atoms with E-state index in [2.05, 4.69) is 14.9 Å². The van der Waals surface area contributed by atoms with Crippen molar-refractivity contribution in [3.63, 3.8) is 0 Å². The maximum Gasteiger partial charge on any atom is 0.263 e. The van der Waals surface area contributed by atoms with Gasteiger partial charge in [0.2, 0.25) is 5.13 Å². The van der Waals surface area contributed by atoms with Crippen molar-refractivity contribution in [2.45, 2.75) is 18.2 Å². The minimum Gasteiger partial charge on any atom is -0.497 e. The number of rotatable bonds is 10. The monoisotopic (exact) mass is 607 g/mol. The molecule has 12 nitrogen and oxygen atoms in total. The van der Waals surface area contributed by atoms with Gasteiger partial charge < -0.3 is 9.47 Å². The third kappa shape index (κ3) is 5.53. The maximum absolute atomic E-state index is 13.9. The molecule has 0 saturated heterocycles. The second-order valence-corrected chi connectivity index (χ2v) is 11.8. The fraction of sp³-hybridized carbons (Fsp3) is 0.179. The number of fused-ring (bicyclic) bond motifs is 1. The number of imide groups is 1. The number of carbonyl (C=O) groups excluding carboxylic acids is 3. The molecule has 1 aliphatic rings. The van der Waals surface area contributed by atoms with Crippen molar-refractivity contribution >= 4 is 49.9 Å². The van der Waals surface area contributed by atoms with Crippen molar-refractivity contribution in [3.8, 4) is 11.5 Å². The van der Waals surface area contributed by atoms with Crippen molar-refractivity contribution in [1.82, 2.24) is 15.1 Å². The number of nitrogens with zero attached hydrogens (tertiary/aromatic N) is 4. The van der Waals surface area contributed by atoms with Crippen LogP contribution in [0.15, 0.2) is 71.6 Å². The Morgan fingerprint density at radius 2 is 1.52 bits per heavy atom. The third-order valence-corrected chi connectivity index (χ3v) is 8.92. The number of hydrogen-bond donors (Lipinski definition) is 1. The van der Waals surface area contributed by atoms with E-state index in [1.165, 1.54) is 55.5 Å². The lowest BCUT2D eigenvalue weighted by Gasteiger charge is -2.27. The van der Waals surface area contributed by atoms with Crippen LogP contribution in [0.4, 0.5) is 10.8 Å². The molecule has 0 saturated carbocycles. The van der Waals surface area contributed by atoms with Crippen LogP contribution >= 0.6 is 11.3 Å². The fourth-order valence-corrected chi connectivity index (χ4v) is 6.19.